The van der Waals surface area contributed by atoms with Gasteiger partial charge in [-0.05, 0) is 48.9 Å². The van der Waals surface area contributed by atoms with Crippen molar-refractivity contribution in [3.05, 3.63) is 71.8 Å². The molecule has 3 aromatic heterocycles. The van der Waals surface area contributed by atoms with Crippen LogP contribution in [0.3, 0.4) is 0 Å². The molecular weight excluding hydrogens is 540 g/mol. The number of aromatic nitrogens is 5. The number of nitrogens with one attached hydrogen (secondary N) is 3. The van der Waals surface area contributed by atoms with Crippen molar-refractivity contribution in [2.24, 2.45) is 0 Å². The average molecular weight is 567 g/mol. The van der Waals surface area contributed by atoms with Crippen LogP contribution in [0.4, 0.5) is 11.6 Å². The van der Waals surface area contributed by atoms with Crippen LogP contribution < -0.4 is 21.1 Å². The molecule has 0 atom stereocenters. The number of pyridine rings is 1. The summed E-state index contributed by atoms with van der Waals surface area (Å²) < 4.78 is 7.93. The molecule has 6 rings (SSSR count). The van der Waals surface area contributed by atoms with E-state index in [0.29, 0.717) is 60.0 Å². The molecule has 0 saturated carbocycles. The second-order valence-corrected chi connectivity index (χ2v) is 9.65. The molecule has 2 amide bonds. The highest BCUT2D eigenvalue weighted by molar-refractivity contribution is 6.12. The number of carbonyl (C=O) groups is 3. The number of nitrogen functional groups attached to an aromatic ring is 1. The maximum absolute atomic E-state index is 13.9. The van der Waals surface area contributed by atoms with E-state index >= 15 is 0 Å². The van der Waals surface area contributed by atoms with Crippen LogP contribution in [0.15, 0.2) is 54.9 Å². The minimum Gasteiger partial charge on any atom is -0.491 e. The summed E-state index contributed by atoms with van der Waals surface area (Å²) in [6.07, 6.45) is 4.20. The number of anilines is 2. The van der Waals surface area contributed by atoms with Crippen LogP contribution in [0.1, 0.15) is 44.7 Å². The summed E-state index contributed by atoms with van der Waals surface area (Å²) in [6, 6.07) is 11.3. The van der Waals surface area contributed by atoms with Crippen molar-refractivity contribution in [3.8, 4) is 28.3 Å². The van der Waals surface area contributed by atoms with E-state index in [-0.39, 0.29) is 34.0 Å². The Bertz CT molecular complexity index is 1880. The minimum absolute atomic E-state index is 0.0456. The standard InChI is InChI=1S/C29H26N8O5/c1-2-7-32-27(39)21-6-4-16(24(34-21)28(40)41)17-14-23-19(25-31-8-9-37(25)10-11-42-23)13-18(17)26(38)33-15-3-5-20-22(12-15)36-29(30)35-20/h3-6,8-9,12-14H,2,7,10-11H2,1H3,(H,32,39)(H,33,38)(H,40,41)(H3,30,35,36). The highest BCUT2D eigenvalue weighted by atomic mass is 16.5. The molecule has 0 unspecified atom stereocenters. The quantitative estimate of drug-likeness (QED) is 0.196. The Hall–Kier alpha value is -5.72. The van der Waals surface area contributed by atoms with Crippen LogP contribution in [-0.4, -0.2) is 60.5 Å². The van der Waals surface area contributed by atoms with E-state index in [0.717, 1.165) is 0 Å². The van der Waals surface area contributed by atoms with Gasteiger partial charge in [0.05, 0.1) is 23.1 Å². The molecule has 13 heteroatoms. The lowest BCUT2D eigenvalue weighted by Crippen LogP contribution is -2.25. The van der Waals surface area contributed by atoms with Crippen LogP contribution in [0, 0.1) is 0 Å². The lowest BCUT2D eigenvalue weighted by atomic mass is 9.94. The molecule has 0 bridgehead atoms. The average Bonchev–Trinajstić information content (AvgIpc) is 3.56. The normalized spacial score (nSPS) is 12.1. The second-order valence-electron chi connectivity index (χ2n) is 9.65. The second kappa shape index (κ2) is 10.7. The van der Waals surface area contributed by atoms with Crippen LogP contribution in [0.25, 0.3) is 33.5 Å². The molecule has 13 nitrogen and oxygen atoms in total. The van der Waals surface area contributed by atoms with Gasteiger partial charge in [0.25, 0.3) is 11.8 Å². The summed E-state index contributed by atoms with van der Waals surface area (Å²) in [5, 5.41) is 15.7. The van der Waals surface area contributed by atoms with Crippen molar-refractivity contribution in [3.63, 3.8) is 0 Å². The molecule has 5 aromatic rings. The van der Waals surface area contributed by atoms with Crippen molar-refractivity contribution in [2.75, 3.05) is 24.2 Å². The first-order valence-electron chi connectivity index (χ1n) is 13.2. The number of ether oxygens (including phenoxy) is 1. The number of fused-ring (bicyclic) bond motifs is 4. The molecule has 2 aromatic carbocycles. The van der Waals surface area contributed by atoms with Crippen LogP contribution in [0.2, 0.25) is 0 Å². The van der Waals surface area contributed by atoms with Gasteiger partial charge in [-0.25, -0.2) is 19.7 Å². The third kappa shape index (κ3) is 4.87. The van der Waals surface area contributed by atoms with Crippen molar-refractivity contribution >= 4 is 40.5 Å². The molecule has 0 radical (unpaired) electrons. The monoisotopic (exact) mass is 566 g/mol. The zero-order valence-corrected chi connectivity index (χ0v) is 22.5. The number of hydrogen-bond donors (Lipinski definition) is 5. The molecule has 4 heterocycles. The van der Waals surface area contributed by atoms with Crippen molar-refractivity contribution in [1.29, 1.82) is 0 Å². The van der Waals surface area contributed by atoms with Gasteiger partial charge < -0.3 is 35.8 Å². The molecule has 212 valence electrons. The first-order chi connectivity index (χ1) is 20.3. The molecule has 0 spiro atoms. The Morgan fingerprint density at radius 3 is 2.74 bits per heavy atom. The molecule has 42 heavy (non-hydrogen) atoms. The molecule has 0 aliphatic carbocycles. The molecule has 1 aliphatic rings. The summed E-state index contributed by atoms with van der Waals surface area (Å²) in [6.45, 7) is 3.21. The first-order valence-corrected chi connectivity index (χ1v) is 13.2. The Kier molecular flexibility index (Phi) is 6.74. The zero-order chi connectivity index (χ0) is 29.4. The zero-order valence-electron chi connectivity index (χ0n) is 22.5. The fraction of sp³-hybridized carbons (Fsp3) is 0.172. The number of carbonyl (C=O) groups excluding carboxylic acids is 2. The summed E-state index contributed by atoms with van der Waals surface area (Å²) in [5.74, 6) is -1.06. The smallest absolute Gasteiger partial charge is 0.355 e. The Balaban J connectivity index is 1.49. The number of imidazole rings is 2. The Morgan fingerprint density at radius 2 is 1.93 bits per heavy atom. The number of amides is 2. The molecule has 1 aliphatic heterocycles. The number of hydrogen-bond acceptors (Lipinski definition) is 8. The predicted octanol–water partition coefficient (Wildman–Crippen LogP) is 3.55. The van der Waals surface area contributed by atoms with Gasteiger partial charge in [0, 0.05) is 41.3 Å². The lowest BCUT2D eigenvalue weighted by Gasteiger charge is -2.17. The number of H-pyrrole nitrogens is 1. The first kappa shape index (κ1) is 26.5. The number of carboxylic acid groups (broad SMARTS) is 1. The van der Waals surface area contributed by atoms with E-state index in [1.165, 1.54) is 12.1 Å². The highest BCUT2D eigenvalue weighted by Crippen LogP contribution is 2.39. The van der Waals surface area contributed by atoms with E-state index in [4.69, 9.17) is 10.5 Å². The van der Waals surface area contributed by atoms with E-state index in [1.54, 1.807) is 36.5 Å². The van der Waals surface area contributed by atoms with Crippen molar-refractivity contribution in [1.82, 2.24) is 29.8 Å². The van der Waals surface area contributed by atoms with Gasteiger partial charge in [0.2, 0.25) is 0 Å². The summed E-state index contributed by atoms with van der Waals surface area (Å²) in [4.78, 5) is 54.6. The highest BCUT2D eigenvalue weighted by Gasteiger charge is 2.26. The van der Waals surface area contributed by atoms with Crippen LogP contribution >= 0.6 is 0 Å². The third-order valence-corrected chi connectivity index (χ3v) is 6.82. The maximum atomic E-state index is 13.9. The van der Waals surface area contributed by atoms with Gasteiger partial charge in [-0.1, -0.05) is 6.92 Å². The summed E-state index contributed by atoms with van der Waals surface area (Å²) in [5.41, 5.74) is 8.23. The van der Waals surface area contributed by atoms with Crippen LogP contribution in [0.5, 0.6) is 5.75 Å². The Morgan fingerprint density at radius 1 is 1.07 bits per heavy atom. The number of aromatic carboxylic acids is 1. The van der Waals surface area contributed by atoms with Crippen molar-refractivity contribution in [2.45, 2.75) is 19.9 Å². The van der Waals surface area contributed by atoms with Gasteiger partial charge in [-0.3, -0.25) is 9.59 Å². The largest absolute Gasteiger partial charge is 0.491 e. The topological polar surface area (TPSA) is 190 Å². The number of benzene rings is 2. The molecule has 0 saturated heterocycles. The summed E-state index contributed by atoms with van der Waals surface area (Å²) in [7, 11) is 0. The van der Waals surface area contributed by atoms with E-state index in [2.05, 4.69) is 30.6 Å². The van der Waals surface area contributed by atoms with E-state index in [1.807, 2.05) is 17.7 Å². The Labute approximate surface area is 238 Å². The van der Waals surface area contributed by atoms with Gasteiger partial charge in [0.1, 0.15) is 23.9 Å². The minimum atomic E-state index is -1.35. The SMILES string of the molecule is CCCNC(=O)c1ccc(-c2cc3c(cc2C(=O)Nc2ccc4nc(N)[nH]c4c2)-c2nccn2CCO3)c(C(=O)O)n1. The third-order valence-electron chi connectivity index (χ3n) is 6.82. The number of carboxylic acids is 1. The number of aromatic amines is 1. The molecular formula is C29H26N8O5. The molecule has 6 N–H and O–H groups in total. The fourth-order valence-corrected chi connectivity index (χ4v) is 4.87. The van der Waals surface area contributed by atoms with E-state index < -0.39 is 17.8 Å². The van der Waals surface area contributed by atoms with Gasteiger partial charge in [0.15, 0.2) is 11.6 Å². The number of nitrogens with zero attached hydrogens (tertiary/aromatic N) is 4. The van der Waals surface area contributed by atoms with Crippen molar-refractivity contribution < 1.29 is 24.2 Å². The van der Waals surface area contributed by atoms with Gasteiger partial charge >= 0.3 is 5.97 Å². The fourth-order valence-electron chi connectivity index (χ4n) is 4.87. The van der Waals surface area contributed by atoms with Gasteiger partial charge in [-0.15, -0.1) is 0 Å². The van der Waals surface area contributed by atoms with Gasteiger partial charge in [-0.2, -0.15) is 0 Å². The van der Waals surface area contributed by atoms with E-state index in [9.17, 15) is 19.5 Å². The summed E-state index contributed by atoms with van der Waals surface area (Å²) >= 11 is 0. The lowest BCUT2D eigenvalue weighted by molar-refractivity contribution is 0.0691. The number of rotatable bonds is 7. The maximum Gasteiger partial charge on any atom is 0.355 e. The van der Waals surface area contributed by atoms with Crippen LogP contribution in [-0.2, 0) is 6.54 Å². The number of nitrogens with two attached hydrogens (primary N) is 1. The predicted molar refractivity (Wildman–Crippen MR) is 154 cm³/mol. The molecule has 0 fully saturated rings.